The summed E-state index contributed by atoms with van der Waals surface area (Å²) in [6, 6.07) is 0. The van der Waals surface area contributed by atoms with Gasteiger partial charge in [0.25, 0.3) is 0 Å². The monoisotopic (exact) mass is 408 g/mol. The van der Waals surface area contributed by atoms with Crippen molar-refractivity contribution in [2.24, 2.45) is 23.7 Å². The molecule has 2 saturated carbocycles. The van der Waals surface area contributed by atoms with Crippen molar-refractivity contribution >= 4 is 0 Å². The van der Waals surface area contributed by atoms with E-state index in [2.05, 4.69) is 37.5 Å². The van der Waals surface area contributed by atoms with Crippen LogP contribution in [0.5, 0.6) is 0 Å². The molecule has 0 nitrogen and oxygen atoms in total. The molecular weight excluding hydrogens is 360 g/mol. The van der Waals surface area contributed by atoms with Gasteiger partial charge < -0.3 is 0 Å². The maximum atomic E-state index is 3.49. The molecule has 0 aliphatic heterocycles. The van der Waals surface area contributed by atoms with Crippen LogP contribution in [0.1, 0.15) is 129 Å². The molecule has 2 aliphatic rings. The maximum absolute atomic E-state index is 3.49. The molecule has 0 atom stereocenters. The van der Waals surface area contributed by atoms with Crippen LogP contribution in [-0.2, 0) is 0 Å². The van der Waals surface area contributed by atoms with E-state index >= 15 is 0 Å². The Morgan fingerprint density at radius 1 is 0.533 bits per heavy atom. The summed E-state index contributed by atoms with van der Waals surface area (Å²) in [7, 11) is 0. The van der Waals surface area contributed by atoms with Gasteiger partial charge in [-0.3, -0.25) is 0 Å². The van der Waals surface area contributed by atoms with E-state index in [0.29, 0.717) is 11.8 Å². The average molecular weight is 409 g/mol. The summed E-state index contributed by atoms with van der Waals surface area (Å²) in [6.45, 7) is 4.59. The Morgan fingerprint density at radius 2 is 0.933 bits per heavy atom. The van der Waals surface area contributed by atoms with Crippen LogP contribution in [0.2, 0.25) is 0 Å². The van der Waals surface area contributed by atoms with Crippen molar-refractivity contribution in [1.82, 2.24) is 0 Å². The summed E-state index contributed by atoms with van der Waals surface area (Å²) >= 11 is 0. The lowest BCUT2D eigenvalue weighted by molar-refractivity contribution is 0.294. The highest BCUT2D eigenvalue weighted by Crippen LogP contribution is 2.32. The van der Waals surface area contributed by atoms with Gasteiger partial charge in [-0.1, -0.05) is 102 Å². The second kappa shape index (κ2) is 16.5. The molecule has 0 saturated heterocycles. The largest absolute Gasteiger partial charge is 0.0951 e. The highest BCUT2D eigenvalue weighted by Gasteiger charge is 2.20. The Balaban J connectivity index is 1.54. The van der Waals surface area contributed by atoms with Crippen LogP contribution in [0.15, 0.2) is 12.2 Å². The molecule has 0 unspecified atom stereocenters. The first-order valence-corrected chi connectivity index (χ1v) is 13.5. The SMILES string of the molecule is CCCCCCCC1CCC(C#C/C=C/C#CC2CCC(CCCCC)CC2)CC1. The Kier molecular flexibility index (Phi) is 13.9. The minimum atomic E-state index is 0.627. The molecule has 0 N–H and O–H groups in total. The Bertz CT molecular complexity index is 559. The highest BCUT2D eigenvalue weighted by molar-refractivity contribution is 5.26. The molecule has 2 aliphatic carbocycles. The quantitative estimate of drug-likeness (QED) is 0.250. The zero-order valence-corrected chi connectivity index (χ0v) is 20.2. The fourth-order valence-electron chi connectivity index (χ4n) is 5.33. The number of hydrogen-bond acceptors (Lipinski definition) is 0. The number of hydrogen-bond donors (Lipinski definition) is 0. The number of allylic oxidation sites excluding steroid dienone is 2. The van der Waals surface area contributed by atoms with E-state index in [-0.39, 0.29) is 0 Å². The molecule has 0 heterocycles. The van der Waals surface area contributed by atoms with Gasteiger partial charge >= 0.3 is 0 Å². The van der Waals surface area contributed by atoms with Crippen LogP contribution in [0, 0.1) is 47.4 Å². The third-order valence-electron chi connectivity index (χ3n) is 7.45. The van der Waals surface area contributed by atoms with E-state index < -0.39 is 0 Å². The Labute approximate surface area is 189 Å². The van der Waals surface area contributed by atoms with Gasteiger partial charge in [-0.2, -0.15) is 0 Å². The standard InChI is InChI=1S/C30H48/c1-3-5-7-8-12-16-28-23-25-30(26-24-28)18-14-10-9-13-17-29-21-19-27(20-22-29)15-11-6-4-2/h9-10,27-30H,3-8,11-12,15-16,19-26H2,1-2H3/b10-9+. The zero-order chi connectivity index (χ0) is 21.3. The first kappa shape index (κ1) is 25.1. The molecule has 2 fully saturated rings. The molecule has 0 heteroatoms. The molecular formula is C30H48. The van der Waals surface area contributed by atoms with E-state index in [1.807, 2.05) is 12.2 Å². The second-order valence-electron chi connectivity index (χ2n) is 10.0. The van der Waals surface area contributed by atoms with Gasteiger partial charge in [0.1, 0.15) is 0 Å². The van der Waals surface area contributed by atoms with Crippen molar-refractivity contribution in [3.8, 4) is 23.7 Å². The van der Waals surface area contributed by atoms with Crippen LogP contribution in [0.25, 0.3) is 0 Å². The molecule has 0 radical (unpaired) electrons. The Hall–Kier alpha value is -1.14. The number of unbranched alkanes of at least 4 members (excludes halogenated alkanes) is 6. The summed E-state index contributed by atoms with van der Waals surface area (Å²) in [5.74, 6) is 16.7. The van der Waals surface area contributed by atoms with Gasteiger partial charge in [-0.15, -0.1) is 0 Å². The predicted octanol–water partition coefficient (Wildman–Crippen LogP) is 9.10. The van der Waals surface area contributed by atoms with Gasteiger partial charge in [-0.25, -0.2) is 0 Å². The van der Waals surface area contributed by atoms with E-state index in [9.17, 15) is 0 Å². The molecule has 0 spiro atoms. The minimum Gasteiger partial charge on any atom is -0.0951 e. The van der Waals surface area contributed by atoms with Crippen LogP contribution < -0.4 is 0 Å². The predicted molar refractivity (Wildman–Crippen MR) is 133 cm³/mol. The normalized spacial score (nSPS) is 26.6. The summed E-state index contributed by atoms with van der Waals surface area (Å²) in [6.07, 6.45) is 29.0. The third kappa shape index (κ3) is 11.3. The average Bonchev–Trinajstić information content (AvgIpc) is 2.78. The van der Waals surface area contributed by atoms with Crippen molar-refractivity contribution in [2.75, 3.05) is 0 Å². The fourth-order valence-corrected chi connectivity index (χ4v) is 5.33. The summed E-state index contributed by atoms with van der Waals surface area (Å²) in [5, 5.41) is 0. The zero-order valence-electron chi connectivity index (χ0n) is 20.2. The van der Waals surface area contributed by atoms with Gasteiger partial charge in [0.05, 0.1) is 0 Å². The summed E-state index contributed by atoms with van der Waals surface area (Å²) < 4.78 is 0. The van der Waals surface area contributed by atoms with Gasteiger partial charge in [0, 0.05) is 11.8 Å². The van der Waals surface area contributed by atoms with Crippen molar-refractivity contribution in [2.45, 2.75) is 129 Å². The molecule has 30 heavy (non-hydrogen) atoms. The van der Waals surface area contributed by atoms with Crippen molar-refractivity contribution < 1.29 is 0 Å². The minimum absolute atomic E-state index is 0.627. The topological polar surface area (TPSA) is 0 Å². The van der Waals surface area contributed by atoms with E-state index in [1.54, 1.807) is 0 Å². The molecule has 0 aromatic rings. The lowest BCUT2D eigenvalue weighted by Gasteiger charge is -2.25. The lowest BCUT2D eigenvalue weighted by atomic mass is 9.80. The Morgan fingerprint density at radius 3 is 1.40 bits per heavy atom. The second-order valence-corrected chi connectivity index (χ2v) is 10.0. The maximum Gasteiger partial charge on any atom is 0.0206 e. The van der Waals surface area contributed by atoms with Crippen molar-refractivity contribution in [3.63, 3.8) is 0 Å². The highest BCUT2D eigenvalue weighted by atomic mass is 14.2. The van der Waals surface area contributed by atoms with E-state index in [1.165, 1.54) is 116 Å². The molecule has 0 amide bonds. The van der Waals surface area contributed by atoms with Crippen LogP contribution in [-0.4, -0.2) is 0 Å². The number of rotatable bonds is 10. The lowest BCUT2D eigenvalue weighted by Crippen LogP contribution is -2.13. The van der Waals surface area contributed by atoms with Gasteiger partial charge in [0.2, 0.25) is 0 Å². The molecule has 0 aromatic carbocycles. The molecule has 168 valence electrons. The first-order chi connectivity index (χ1) is 14.8. The molecule has 0 aromatic heterocycles. The first-order valence-electron chi connectivity index (χ1n) is 13.5. The van der Waals surface area contributed by atoms with E-state index in [4.69, 9.17) is 0 Å². The summed E-state index contributed by atoms with van der Waals surface area (Å²) in [5.41, 5.74) is 0. The van der Waals surface area contributed by atoms with Crippen LogP contribution >= 0.6 is 0 Å². The molecule has 0 bridgehead atoms. The van der Waals surface area contributed by atoms with Crippen LogP contribution in [0.4, 0.5) is 0 Å². The van der Waals surface area contributed by atoms with Crippen molar-refractivity contribution in [1.29, 1.82) is 0 Å². The van der Waals surface area contributed by atoms with Crippen LogP contribution in [0.3, 0.4) is 0 Å². The van der Waals surface area contributed by atoms with E-state index in [0.717, 1.165) is 11.8 Å². The third-order valence-corrected chi connectivity index (χ3v) is 7.45. The van der Waals surface area contributed by atoms with Gasteiger partial charge in [-0.05, 0) is 75.4 Å². The van der Waals surface area contributed by atoms with Gasteiger partial charge in [0.15, 0.2) is 0 Å². The summed E-state index contributed by atoms with van der Waals surface area (Å²) in [4.78, 5) is 0. The molecule has 2 rings (SSSR count). The fraction of sp³-hybridized carbons (Fsp3) is 0.800. The van der Waals surface area contributed by atoms with Crippen molar-refractivity contribution in [3.05, 3.63) is 12.2 Å². The smallest absolute Gasteiger partial charge is 0.0206 e.